The van der Waals surface area contributed by atoms with Gasteiger partial charge in [-0.1, -0.05) is 158 Å². The SMILES string of the molecule is c1ccc(-c2cc(-n3c4ccccc4c4cc5sc6cc7c8ccccc8n(-c8nc(-c9ccccc9)nc(-c9cccc%10oc%11ccccc%11c9%10)n8)c7cc6c5cc43)nc(-c3cccc4oc5ccccc5c34)n2)cc1. The Hall–Kier alpha value is -10.3. The average Bonchev–Trinajstić information content (AvgIpc) is 4.43. The summed E-state index contributed by atoms with van der Waals surface area (Å²) in [5, 5.41) is 10.8. The lowest BCUT2D eigenvalue weighted by Crippen LogP contribution is -2.06. The molecular formula is C67H37N7O2S. The van der Waals surface area contributed by atoms with Crippen molar-refractivity contribution in [2.24, 2.45) is 0 Å². The summed E-state index contributed by atoms with van der Waals surface area (Å²) in [5.74, 6) is 3.06. The highest BCUT2D eigenvalue weighted by Gasteiger charge is 2.24. The second-order valence-corrected chi connectivity index (χ2v) is 20.6. The Balaban J connectivity index is 0.918. The van der Waals surface area contributed by atoms with Crippen LogP contribution in [0.2, 0.25) is 0 Å². The molecule has 7 aromatic heterocycles. The molecule has 0 unspecified atom stereocenters. The van der Waals surface area contributed by atoms with Crippen molar-refractivity contribution >= 4 is 119 Å². The van der Waals surface area contributed by atoms with Crippen molar-refractivity contribution in [2.45, 2.75) is 0 Å². The summed E-state index contributed by atoms with van der Waals surface area (Å²) in [7, 11) is 0. The van der Waals surface area contributed by atoms with Gasteiger partial charge in [0, 0.05) is 91.6 Å². The van der Waals surface area contributed by atoms with E-state index in [0.29, 0.717) is 23.4 Å². The molecule has 0 aliphatic rings. The molecule has 0 aliphatic carbocycles. The van der Waals surface area contributed by atoms with Crippen molar-refractivity contribution in [3.8, 4) is 57.2 Å². The Labute approximate surface area is 441 Å². The molecule has 10 aromatic carbocycles. The Kier molecular flexibility index (Phi) is 8.81. The second-order valence-electron chi connectivity index (χ2n) is 19.5. The van der Waals surface area contributed by atoms with Crippen LogP contribution < -0.4 is 0 Å². The molecule has 17 aromatic rings. The highest BCUT2D eigenvalue weighted by atomic mass is 32.1. The second kappa shape index (κ2) is 16.1. The first-order chi connectivity index (χ1) is 38.1. The third-order valence-corrected chi connectivity index (χ3v) is 16.3. The van der Waals surface area contributed by atoms with Crippen molar-refractivity contribution in [3.63, 3.8) is 0 Å². The number of furan rings is 2. The lowest BCUT2D eigenvalue weighted by Gasteiger charge is -2.13. The summed E-state index contributed by atoms with van der Waals surface area (Å²) in [5.41, 5.74) is 11.8. The predicted octanol–water partition coefficient (Wildman–Crippen LogP) is 17.7. The molecular weight excluding hydrogens is 967 g/mol. The number of para-hydroxylation sites is 4. The van der Waals surface area contributed by atoms with Crippen LogP contribution in [0.25, 0.3) is 165 Å². The number of aromatic nitrogens is 7. The molecule has 358 valence electrons. The van der Waals surface area contributed by atoms with Crippen LogP contribution in [0.5, 0.6) is 0 Å². The normalized spacial score (nSPS) is 12.2. The topological polar surface area (TPSA) is 101 Å². The molecule has 0 radical (unpaired) electrons. The Morgan fingerprint density at radius 1 is 0.312 bits per heavy atom. The third kappa shape index (κ3) is 6.30. The number of fused-ring (bicyclic) bond motifs is 15. The van der Waals surface area contributed by atoms with Gasteiger partial charge in [0.1, 0.15) is 28.1 Å². The van der Waals surface area contributed by atoms with Crippen molar-refractivity contribution in [2.75, 3.05) is 0 Å². The minimum Gasteiger partial charge on any atom is -0.456 e. The van der Waals surface area contributed by atoms with E-state index in [0.717, 1.165) is 132 Å². The summed E-state index contributed by atoms with van der Waals surface area (Å²) >= 11 is 1.82. The molecule has 9 nitrogen and oxygen atoms in total. The molecule has 77 heavy (non-hydrogen) atoms. The zero-order chi connectivity index (χ0) is 50.3. The molecule has 10 heteroatoms. The molecule has 0 amide bonds. The minimum atomic E-state index is 0.527. The number of benzene rings is 10. The number of thiophene rings is 1. The summed E-state index contributed by atoms with van der Waals surface area (Å²) in [4.78, 5) is 26.8. The summed E-state index contributed by atoms with van der Waals surface area (Å²) < 4.78 is 19.7. The zero-order valence-corrected chi connectivity index (χ0v) is 41.5. The predicted molar refractivity (Wildman–Crippen MR) is 313 cm³/mol. The first kappa shape index (κ1) is 42.1. The van der Waals surface area contributed by atoms with E-state index in [1.807, 2.05) is 90.2 Å². The minimum absolute atomic E-state index is 0.527. The van der Waals surface area contributed by atoms with Crippen LogP contribution in [-0.2, 0) is 0 Å². The monoisotopic (exact) mass is 1000 g/mol. The zero-order valence-electron chi connectivity index (χ0n) is 40.7. The van der Waals surface area contributed by atoms with Gasteiger partial charge in [0.25, 0.3) is 0 Å². The maximum Gasteiger partial charge on any atom is 0.238 e. The van der Waals surface area contributed by atoms with Gasteiger partial charge in [-0.15, -0.1) is 11.3 Å². The van der Waals surface area contributed by atoms with Gasteiger partial charge in [0.15, 0.2) is 17.5 Å². The van der Waals surface area contributed by atoms with E-state index in [-0.39, 0.29) is 0 Å². The molecule has 0 atom stereocenters. The first-order valence-corrected chi connectivity index (χ1v) is 26.4. The molecule has 0 fully saturated rings. The lowest BCUT2D eigenvalue weighted by atomic mass is 10.1. The molecule has 7 heterocycles. The maximum atomic E-state index is 6.39. The van der Waals surface area contributed by atoms with Gasteiger partial charge >= 0.3 is 0 Å². The largest absolute Gasteiger partial charge is 0.456 e. The van der Waals surface area contributed by atoms with Gasteiger partial charge in [-0.3, -0.25) is 9.13 Å². The number of nitrogens with zero attached hydrogens (tertiary/aromatic N) is 7. The third-order valence-electron chi connectivity index (χ3n) is 15.2. The molecule has 0 saturated heterocycles. The molecule has 17 rings (SSSR count). The molecule has 0 spiro atoms. The smallest absolute Gasteiger partial charge is 0.238 e. The Morgan fingerprint density at radius 2 is 0.792 bits per heavy atom. The van der Waals surface area contributed by atoms with Gasteiger partial charge in [-0.05, 0) is 60.7 Å². The van der Waals surface area contributed by atoms with E-state index >= 15 is 0 Å². The van der Waals surface area contributed by atoms with E-state index in [1.165, 1.54) is 9.40 Å². The Morgan fingerprint density at radius 3 is 1.40 bits per heavy atom. The Bertz CT molecular complexity index is 4970. The fraction of sp³-hybridized carbons (Fsp3) is 0. The van der Waals surface area contributed by atoms with E-state index in [1.54, 1.807) is 0 Å². The van der Waals surface area contributed by atoms with E-state index in [2.05, 4.69) is 155 Å². The van der Waals surface area contributed by atoms with E-state index in [4.69, 9.17) is 33.8 Å². The van der Waals surface area contributed by atoms with Gasteiger partial charge in [0.2, 0.25) is 5.95 Å². The quantitative estimate of drug-likeness (QED) is 0.164. The van der Waals surface area contributed by atoms with Crippen molar-refractivity contribution in [1.82, 2.24) is 34.1 Å². The van der Waals surface area contributed by atoms with Crippen molar-refractivity contribution < 1.29 is 8.83 Å². The molecule has 0 N–H and O–H groups in total. The van der Waals surface area contributed by atoms with Crippen LogP contribution in [0.4, 0.5) is 0 Å². The van der Waals surface area contributed by atoms with Crippen LogP contribution in [0.3, 0.4) is 0 Å². The number of hydrogen-bond acceptors (Lipinski definition) is 8. The maximum absolute atomic E-state index is 6.39. The number of rotatable bonds is 6. The first-order valence-electron chi connectivity index (χ1n) is 25.6. The molecule has 0 bridgehead atoms. The van der Waals surface area contributed by atoms with E-state index < -0.39 is 0 Å². The summed E-state index contributed by atoms with van der Waals surface area (Å²) in [6, 6.07) is 77.8. The van der Waals surface area contributed by atoms with Crippen LogP contribution in [0.15, 0.2) is 233 Å². The number of hydrogen-bond donors (Lipinski definition) is 0. The van der Waals surface area contributed by atoms with Crippen LogP contribution in [0, 0.1) is 0 Å². The summed E-state index contributed by atoms with van der Waals surface area (Å²) in [6.45, 7) is 0. The molecule has 0 aliphatic heterocycles. The van der Waals surface area contributed by atoms with Crippen LogP contribution in [0.1, 0.15) is 0 Å². The standard InChI is InChI=1S/C67H37N7O2S/c1-3-17-38(18-4-1)50-37-61(69-65(68-50)44-25-15-31-57-62(44)42-23-9-13-29-55(42)75-57)73-51-27-11-7-21-40(51)46-35-59-48(33-53(46)73)49-34-54-47(36-60(49)77-59)41-22-8-12-28-52(41)74(54)67-71-64(39-19-5-2-6-20-39)70-66(72-67)45-26-16-32-58-63(45)43-24-10-14-30-56(43)76-58/h1-37H. The average molecular weight is 1000 g/mol. The highest BCUT2D eigenvalue weighted by Crippen LogP contribution is 2.45. The van der Waals surface area contributed by atoms with Gasteiger partial charge in [0.05, 0.1) is 27.8 Å². The van der Waals surface area contributed by atoms with Gasteiger partial charge in [-0.2, -0.15) is 9.97 Å². The van der Waals surface area contributed by atoms with Crippen molar-refractivity contribution in [1.29, 1.82) is 0 Å². The molecule has 0 saturated carbocycles. The van der Waals surface area contributed by atoms with E-state index in [9.17, 15) is 0 Å². The van der Waals surface area contributed by atoms with Crippen LogP contribution >= 0.6 is 11.3 Å². The lowest BCUT2D eigenvalue weighted by molar-refractivity contribution is 0.668. The van der Waals surface area contributed by atoms with Gasteiger partial charge < -0.3 is 8.83 Å². The fourth-order valence-corrected chi connectivity index (χ4v) is 13.0. The fourth-order valence-electron chi connectivity index (χ4n) is 11.8. The van der Waals surface area contributed by atoms with Crippen molar-refractivity contribution in [3.05, 3.63) is 224 Å². The highest BCUT2D eigenvalue weighted by molar-refractivity contribution is 7.26. The van der Waals surface area contributed by atoms with Gasteiger partial charge in [-0.25, -0.2) is 15.0 Å². The van der Waals surface area contributed by atoms with Crippen LogP contribution in [-0.4, -0.2) is 34.1 Å². The summed E-state index contributed by atoms with van der Waals surface area (Å²) in [6.07, 6.45) is 0.